The SMILES string of the molecule is CC(c1c[nH]cn1)C1CCc2ccc(-c3ccccc3O)cc21. The molecule has 0 saturated heterocycles. The van der Waals surface area contributed by atoms with E-state index in [4.69, 9.17) is 0 Å². The molecule has 2 N–H and O–H groups in total. The number of phenols is 1. The zero-order valence-electron chi connectivity index (χ0n) is 13.2. The Balaban J connectivity index is 1.74. The van der Waals surface area contributed by atoms with E-state index in [1.165, 1.54) is 11.1 Å². The predicted octanol–water partition coefficient (Wildman–Crippen LogP) is 4.62. The van der Waals surface area contributed by atoms with Crippen LogP contribution in [0.25, 0.3) is 11.1 Å². The van der Waals surface area contributed by atoms with E-state index in [1.807, 2.05) is 24.4 Å². The number of aryl methyl sites for hydroxylation is 1. The van der Waals surface area contributed by atoms with Crippen LogP contribution in [0.5, 0.6) is 5.75 Å². The maximum absolute atomic E-state index is 10.1. The summed E-state index contributed by atoms with van der Waals surface area (Å²) in [4.78, 5) is 7.49. The Morgan fingerprint density at radius 2 is 2.09 bits per heavy atom. The summed E-state index contributed by atoms with van der Waals surface area (Å²) in [7, 11) is 0. The Morgan fingerprint density at radius 1 is 1.22 bits per heavy atom. The average Bonchev–Trinajstić information content (AvgIpc) is 3.24. The van der Waals surface area contributed by atoms with Crippen molar-refractivity contribution in [2.24, 2.45) is 0 Å². The van der Waals surface area contributed by atoms with Gasteiger partial charge in [0.15, 0.2) is 0 Å². The van der Waals surface area contributed by atoms with Gasteiger partial charge in [0.25, 0.3) is 0 Å². The van der Waals surface area contributed by atoms with E-state index in [2.05, 4.69) is 35.1 Å². The molecule has 2 unspecified atom stereocenters. The number of fused-ring (bicyclic) bond motifs is 1. The maximum Gasteiger partial charge on any atom is 0.123 e. The summed E-state index contributed by atoms with van der Waals surface area (Å²) in [5.41, 5.74) is 5.94. The summed E-state index contributed by atoms with van der Waals surface area (Å²) in [5, 5.41) is 10.1. The first-order valence-corrected chi connectivity index (χ1v) is 8.14. The number of benzene rings is 2. The topological polar surface area (TPSA) is 48.9 Å². The van der Waals surface area contributed by atoms with Crippen LogP contribution in [-0.2, 0) is 6.42 Å². The summed E-state index contributed by atoms with van der Waals surface area (Å²) in [6.45, 7) is 2.25. The number of phenolic OH excluding ortho intramolecular Hbond substituents is 1. The first-order valence-electron chi connectivity index (χ1n) is 8.14. The molecule has 1 aliphatic rings. The molecular formula is C20H20N2O. The molecule has 2 atom stereocenters. The zero-order chi connectivity index (χ0) is 15.8. The minimum absolute atomic E-state index is 0.336. The van der Waals surface area contributed by atoms with Gasteiger partial charge in [0, 0.05) is 17.7 Å². The van der Waals surface area contributed by atoms with Crippen molar-refractivity contribution in [3.63, 3.8) is 0 Å². The molecule has 1 heterocycles. The van der Waals surface area contributed by atoms with Gasteiger partial charge >= 0.3 is 0 Å². The van der Waals surface area contributed by atoms with E-state index in [0.717, 1.165) is 29.7 Å². The third-order valence-corrected chi connectivity index (χ3v) is 5.07. The van der Waals surface area contributed by atoms with E-state index < -0.39 is 0 Å². The van der Waals surface area contributed by atoms with Crippen LogP contribution in [0.2, 0.25) is 0 Å². The van der Waals surface area contributed by atoms with Crippen LogP contribution in [-0.4, -0.2) is 15.1 Å². The molecule has 0 bridgehead atoms. The van der Waals surface area contributed by atoms with Crippen LogP contribution >= 0.6 is 0 Å². The number of H-pyrrole nitrogens is 1. The van der Waals surface area contributed by atoms with Gasteiger partial charge in [0.1, 0.15) is 5.75 Å². The van der Waals surface area contributed by atoms with Gasteiger partial charge in [-0.05, 0) is 41.5 Å². The molecule has 3 aromatic rings. The highest BCUT2D eigenvalue weighted by Gasteiger charge is 2.29. The van der Waals surface area contributed by atoms with Crippen LogP contribution < -0.4 is 0 Å². The highest BCUT2D eigenvalue weighted by Crippen LogP contribution is 2.44. The lowest BCUT2D eigenvalue weighted by Crippen LogP contribution is -2.05. The lowest BCUT2D eigenvalue weighted by atomic mass is 9.85. The minimum Gasteiger partial charge on any atom is -0.507 e. The Hall–Kier alpha value is -2.55. The van der Waals surface area contributed by atoms with E-state index in [0.29, 0.717) is 17.6 Å². The first-order chi connectivity index (χ1) is 11.2. The first kappa shape index (κ1) is 14.1. The van der Waals surface area contributed by atoms with Crippen molar-refractivity contribution < 1.29 is 5.11 Å². The Bertz CT molecular complexity index is 823. The lowest BCUT2D eigenvalue weighted by molar-refractivity contribution is 0.477. The number of nitrogens with one attached hydrogen (secondary N) is 1. The van der Waals surface area contributed by atoms with Gasteiger partial charge in [0.05, 0.1) is 12.0 Å². The van der Waals surface area contributed by atoms with Gasteiger partial charge in [-0.3, -0.25) is 0 Å². The summed E-state index contributed by atoms with van der Waals surface area (Å²) in [5.74, 6) is 1.21. The average molecular weight is 304 g/mol. The quantitative estimate of drug-likeness (QED) is 0.742. The van der Waals surface area contributed by atoms with Crippen LogP contribution in [0.1, 0.15) is 42.0 Å². The van der Waals surface area contributed by atoms with E-state index in [1.54, 1.807) is 12.4 Å². The van der Waals surface area contributed by atoms with Crippen LogP contribution in [0.15, 0.2) is 55.0 Å². The number of aromatic hydroxyl groups is 1. The van der Waals surface area contributed by atoms with Crippen molar-refractivity contribution in [3.8, 4) is 16.9 Å². The molecule has 3 heteroatoms. The van der Waals surface area contributed by atoms with Crippen molar-refractivity contribution in [2.45, 2.75) is 31.6 Å². The number of hydrogen-bond acceptors (Lipinski definition) is 2. The number of rotatable bonds is 3. The smallest absolute Gasteiger partial charge is 0.123 e. The number of aromatic nitrogens is 2. The Morgan fingerprint density at radius 3 is 2.87 bits per heavy atom. The Labute approximate surface area is 136 Å². The normalized spacial score (nSPS) is 17.9. The van der Waals surface area contributed by atoms with E-state index in [9.17, 15) is 5.11 Å². The molecule has 0 spiro atoms. The molecule has 2 aromatic carbocycles. The third-order valence-electron chi connectivity index (χ3n) is 5.07. The minimum atomic E-state index is 0.336. The Kier molecular flexibility index (Phi) is 3.41. The fourth-order valence-corrected chi connectivity index (χ4v) is 3.77. The van der Waals surface area contributed by atoms with Crippen LogP contribution in [0.4, 0.5) is 0 Å². The van der Waals surface area contributed by atoms with Gasteiger partial charge in [0.2, 0.25) is 0 Å². The second kappa shape index (κ2) is 5.58. The van der Waals surface area contributed by atoms with Gasteiger partial charge in [-0.15, -0.1) is 0 Å². The molecule has 23 heavy (non-hydrogen) atoms. The molecular weight excluding hydrogens is 284 g/mol. The van der Waals surface area contributed by atoms with Gasteiger partial charge in [-0.25, -0.2) is 4.98 Å². The molecule has 1 aliphatic carbocycles. The summed E-state index contributed by atoms with van der Waals surface area (Å²) in [6.07, 6.45) is 6.03. The highest BCUT2D eigenvalue weighted by atomic mass is 16.3. The second-order valence-corrected chi connectivity index (χ2v) is 6.36. The fourth-order valence-electron chi connectivity index (χ4n) is 3.77. The molecule has 116 valence electrons. The summed E-state index contributed by atoms with van der Waals surface area (Å²) in [6, 6.07) is 14.1. The van der Waals surface area contributed by atoms with Crippen LogP contribution in [0.3, 0.4) is 0 Å². The molecule has 0 aliphatic heterocycles. The lowest BCUT2D eigenvalue weighted by Gasteiger charge is -2.19. The molecule has 4 rings (SSSR count). The maximum atomic E-state index is 10.1. The fraction of sp³-hybridized carbons (Fsp3) is 0.250. The van der Waals surface area contributed by atoms with Gasteiger partial charge in [-0.1, -0.05) is 43.3 Å². The highest BCUT2D eigenvalue weighted by molar-refractivity contribution is 5.71. The van der Waals surface area contributed by atoms with Crippen molar-refractivity contribution in [3.05, 3.63) is 71.8 Å². The summed E-state index contributed by atoms with van der Waals surface area (Å²) >= 11 is 0. The molecule has 0 amide bonds. The second-order valence-electron chi connectivity index (χ2n) is 6.36. The number of imidazole rings is 1. The number of para-hydroxylation sites is 1. The van der Waals surface area contributed by atoms with Gasteiger partial charge < -0.3 is 10.1 Å². The van der Waals surface area contributed by atoms with Crippen molar-refractivity contribution in [1.82, 2.24) is 9.97 Å². The summed E-state index contributed by atoms with van der Waals surface area (Å²) < 4.78 is 0. The van der Waals surface area contributed by atoms with Crippen molar-refractivity contribution in [1.29, 1.82) is 0 Å². The van der Waals surface area contributed by atoms with E-state index >= 15 is 0 Å². The standard InChI is InChI=1S/C20H20N2O/c1-13(19-11-21-12-22-19)16-9-8-14-6-7-15(10-18(14)16)17-4-2-3-5-20(17)23/h2-7,10-13,16,23H,8-9H2,1H3,(H,21,22). The van der Waals surface area contributed by atoms with Gasteiger partial charge in [-0.2, -0.15) is 0 Å². The third kappa shape index (κ3) is 2.42. The molecule has 1 aromatic heterocycles. The van der Waals surface area contributed by atoms with Crippen LogP contribution in [0, 0.1) is 0 Å². The number of nitrogens with zero attached hydrogens (tertiary/aromatic N) is 1. The molecule has 0 saturated carbocycles. The molecule has 0 radical (unpaired) electrons. The zero-order valence-corrected chi connectivity index (χ0v) is 13.2. The van der Waals surface area contributed by atoms with E-state index in [-0.39, 0.29) is 0 Å². The number of hydrogen-bond donors (Lipinski definition) is 2. The molecule has 0 fully saturated rings. The molecule has 3 nitrogen and oxygen atoms in total. The largest absolute Gasteiger partial charge is 0.507 e. The number of aromatic amines is 1. The van der Waals surface area contributed by atoms with Crippen molar-refractivity contribution >= 4 is 0 Å². The predicted molar refractivity (Wildman–Crippen MR) is 91.6 cm³/mol. The van der Waals surface area contributed by atoms with Crippen molar-refractivity contribution in [2.75, 3.05) is 0 Å². The monoisotopic (exact) mass is 304 g/mol.